The van der Waals surface area contributed by atoms with E-state index in [9.17, 15) is 4.79 Å². The third-order valence-corrected chi connectivity index (χ3v) is 4.80. The van der Waals surface area contributed by atoms with Crippen LogP contribution in [0.3, 0.4) is 0 Å². The molecule has 0 saturated heterocycles. The first-order valence-electron chi connectivity index (χ1n) is 7.10. The molecule has 0 radical (unpaired) electrons. The van der Waals surface area contributed by atoms with Crippen LogP contribution >= 0.6 is 31.8 Å². The van der Waals surface area contributed by atoms with Crippen LogP contribution in [0.4, 0.5) is 0 Å². The minimum absolute atomic E-state index is 0.0161. The van der Waals surface area contributed by atoms with Crippen molar-refractivity contribution < 1.29 is 9.53 Å². The maximum absolute atomic E-state index is 12.4. The number of benzene rings is 2. The second kappa shape index (κ2) is 8.53. The van der Waals surface area contributed by atoms with E-state index >= 15 is 0 Å². The average Bonchev–Trinajstić information content (AvgIpc) is 2.49. The van der Waals surface area contributed by atoms with Gasteiger partial charge in [0.05, 0.1) is 22.2 Å². The summed E-state index contributed by atoms with van der Waals surface area (Å²) in [5.41, 5.74) is 0.336. The van der Waals surface area contributed by atoms with E-state index in [1.165, 1.54) is 0 Å². The molecule has 5 heteroatoms. The van der Waals surface area contributed by atoms with Crippen LogP contribution in [-0.4, -0.2) is 12.1 Å². The minimum atomic E-state index is -0.0600. The zero-order chi connectivity index (χ0) is 15.9. The first-order chi connectivity index (χ1) is 10.6. The number of ether oxygens (including phenoxy) is 1. The Kier molecular flexibility index (Phi) is 6.70. The van der Waals surface area contributed by atoms with Gasteiger partial charge in [-0.2, -0.15) is 0 Å². The molecule has 2 rings (SSSR count). The van der Waals surface area contributed by atoms with Gasteiger partial charge in [-0.25, -0.2) is 0 Å². The molecule has 2 nitrogen and oxygen atoms in total. The summed E-state index contributed by atoms with van der Waals surface area (Å²) in [4.78, 5) is 12.4. The van der Waals surface area contributed by atoms with E-state index < -0.39 is 0 Å². The lowest BCUT2D eigenvalue weighted by Crippen LogP contribution is -2.03. The van der Waals surface area contributed by atoms with Crippen molar-refractivity contribution >= 4 is 42.6 Å². The highest BCUT2D eigenvalue weighted by atomic mass is 35.5. The van der Waals surface area contributed by atoms with Crippen molar-refractivity contribution in [3.05, 3.63) is 58.1 Å². The van der Waals surface area contributed by atoms with E-state index in [0.717, 1.165) is 23.9 Å². The molecule has 0 saturated carbocycles. The lowest BCUT2D eigenvalue weighted by Gasteiger charge is -2.08. The quantitative estimate of drug-likeness (QED) is 0.497. The Morgan fingerprint density at radius 1 is 1.09 bits per heavy atom. The zero-order valence-electron chi connectivity index (χ0n) is 12.2. The number of carbonyl (C=O) groups excluding carboxylic acids is 1. The summed E-state index contributed by atoms with van der Waals surface area (Å²) in [5, 5.41) is 1.72. The van der Waals surface area contributed by atoms with E-state index in [1.807, 2.05) is 24.3 Å². The maximum atomic E-state index is 12.4. The Morgan fingerprint density at radius 3 is 2.32 bits per heavy atom. The van der Waals surface area contributed by atoms with Crippen LogP contribution in [0.1, 0.15) is 30.1 Å². The fourth-order valence-electron chi connectivity index (χ4n) is 1.88. The van der Waals surface area contributed by atoms with E-state index in [4.69, 9.17) is 27.9 Å². The fraction of sp³-hybridized carbons (Fsp3) is 0.235. The number of carbonyl (C=O) groups is 1. The van der Waals surface area contributed by atoms with Gasteiger partial charge in [0.25, 0.3) is 0 Å². The van der Waals surface area contributed by atoms with E-state index in [-0.39, 0.29) is 14.1 Å². The van der Waals surface area contributed by atoms with Crippen molar-refractivity contribution in [2.24, 2.45) is 0 Å². The highest BCUT2D eigenvalue weighted by Crippen LogP contribution is 2.30. The van der Waals surface area contributed by atoms with Gasteiger partial charge in [0, 0.05) is 0 Å². The summed E-state index contributed by atoms with van der Waals surface area (Å²) in [6.45, 7) is 2.84. The van der Waals surface area contributed by atoms with Gasteiger partial charge in [-0.3, -0.25) is 4.79 Å². The summed E-state index contributed by atoms with van der Waals surface area (Å²) in [6, 6.07) is 12.7. The Balaban J connectivity index is 2.03. The first kappa shape index (κ1) is 17.3. The van der Waals surface area contributed by atoms with Crippen molar-refractivity contribution in [2.45, 2.75) is 19.8 Å². The molecule has 0 aliphatic heterocycles. The van der Waals surface area contributed by atoms with Crippen molar-refractivity contribution in [3.63, 3.8) is 0 Å². The minimum Gasteiger partial charge on any atom is -0.494 e. The average molecular weight is 355 g/mol. The number of hydrogen-bond acceptors (Lipinski definition) is 2. The summed E-state index contributed by atoms with van der Waals surface area (Å²) >= 11 is 12.1. The summed E-state index contributed by atoms with van der Waals surface area (Å²) in [7, 11) is -0.0161. The van der Waals surface area contributed by atoms with Crippen molar-refractivity contribution in [2.75, 3.05) is 6.61 Å². The highest BCUT2D eigenvalue weighted by Gasteiger charge is 2.15. The van der Waals surface area contributed by atoms with Crippen LogP contribution in [0, 0.1) is 0 Å². The molecule has 0 aromatic heterocycles. The predicted molar refractivity (Wildman–Crippen MR) is 95.6 cm³/mol. The Morgan fingerprint density at radius 2 is 1.73 bits per heavy atom. The largest absolute Gasteiger partial charge is 0.494 e. The number of halogens is 2. The number of unbranched alkanes of at least 4 members (excludes halogenated alkanes) is 1. The van der Waals surface area contributed by atoms with Gasteiger partial charge in [-0.1, -0.05) is 54.7 Å². The topological polar surface area (TPSA) is 26.3 Å². The standard InChI is InChI=1S/C17H17Cl2O2P/c1-2-3-11-21-12-7-9-13(10-8-12)22-17(20)16-14(18)5-4-6-15(16)19/h4-10,22H,2-3,11H2,1H3. The Bertz CT molecular complexity index is 621. The monoisotopic (exact) mass is 354 g/mol. The van der Waals surface area contributed by atoms with Crippen LogP contribution in [0.2, 0.25) is 10.0 Å². The first-order valence-corrected chi connectivity index (χ1v) is 8.85. The molecule has 116 valence electrons. The second-order valence-electron chi connectivity index (χ2n) is 4.78. The van der Waals surface area contributed by atoms with Crippen molar-refractivity contribution in [1.82, 2.24) is 0 Å². The normalized spacial score (nSPS) is 11.0. The number of hydrogen-bond donors (Lipinski definition) is 0. The lowest BCUT2D eigenvalue weighted by molar-refractivity contribution is 0.108. The fourth-order valence-corrected chi connectivity index (χ4v) is 3.59. The van der Waals surface area contributed by atoms with Crippen molar-refractivity contribution in [1.29, 1.82) is 0 Å². The Hall–Kier alpha value is -1.08. The summed E-state index contributed by atoms with van der Waals surface area (Å²) in [5.74, 6) is 0.824. The molecule has 1 unspecified atom stereocenters. The van der Waals surface area contributed by atoms with Gasteiger partial charge in [-0.05, 0) is 44.6 Å². The molecule has 2 aromatic carbocycles. The lowest BCUT2D eigenvalue weighted by atomic mass is 10.2. The molecule has 22 heavy (non-hydrogen) atoms. The third kappa shape index (κ3) is 4.71. The van der Waals surface area contributed by atoms with Gasteiger partial charge in [0.1, 0.15) is 5.75 Å². The smallest absolute Gasteiger partial charge is 0.188 e. The van der Waals surface area contributed by atoms with Crippen LogP contribution in [0.15, 0.2) is 42.5 Å². The van der Waals surface area contributed by atoms with Gasteiger partial charge >= 0.3 is 0 Å². The number of rotatable bonds is 7. The molecular formula is C17H17Cl2O2P. The van der Waals surface area contributed by atoms with E-state index in [0.29, 0.717) is 22.2 Å². The molecule has 0 heterocycles. The third-order valence-electron chi connectivity index (χ3n) is 3.07. The van der Waals surface area contributed by atoms with Gasteiger partial charge in [0.15, 0.2) is 5.52 Å². The molecule has 0 amide bonds. The van der Waals surface area contributed by atoms with E-state index in [1.54, 1.807) is 18.2 Å². The highest BCUT2D eigenvalue weighted by molar-refractivity contribution is 7.66. The van der Waals surface area contributed by atoms with Gasteiger partial charge in [-0.15, -0.1) is 0 Å². The summed E-state index contributed by atoms with van der Waals surface area (Å²) < 4.78 is 5.61. The molecule has 0 fully saturated rings. The molecule has 1 atom stereocenters. The molecular weight excluding hydrogens is 338 g/mol. The van der Waals surface area contributed by atoms with Gasteiger partial charge in [0.2, 0.25) is 0 Å². The zero-order valence-corrected chi connectivity index (χ0v) is 14.7. The van der Waals surface area contributed by atoms with Crippen molar-refractivity contribution in [3.8, 4) is 5.75 Å². The predicted octanol–water partition coefficient (Wildman–Crippen LogP) is 5.32. The molecule has 0 aliphatic carbocycles. The SMILES string of the molecule is CCCCOc1ccc(PC(=O)c2c(Cl)cccc2Cl)cc1. The van der Waals surface area contributed by atoms with Crippen LogP contribution in [0.5, 0.6) is 5.75 Å². The Labute approximate surface area is 142 Å². The molecule has 0 N–H and O–H groups in total. The van der Waals surface area contributed by atoms with E-state index in [2.05, 4.69) is 6.92 Å². The molecule has 0 spiro atoms. The van der Waals surface area contributed by atoms with Crippen LogP contribution in [0.25, 0.3) is 0 Å². The molecule has 0 bridgehead atoms. The molecule has 2 aromatic rings. The maximum Gasteiger partial charge on any atom is 0.188 e. The summed E-state index contributed by atoms with van der Waals surface area (Å²) in [6.07, 6.45) is 2.14. The second-order valence-corrected chi connectivity index (χ2v) is 6.87. The van der Waals surface area contributed by atoms with Crippen LogP contribution < -0.4 is 10.0 Å². The van der Waals surface area contributed by atoms with Crippen LogP contribution in [-0.2, 0) is 0 Å². The van der Waals surface area contributed by atoms with Gasteiger partial charge < -0.3 is 4.74 Å². The molecule has 0 aliphatic rings.